The van der Waals surface area contributed by atoms with Crippen LogP contribution in [0.4, 0.5) is 8.78 Å². The molecule has 1 atom stereocenters. The fraction of sp³-hybridized carbons (Fsp3) is 0.471. The number of alkyl halides is 2. The molecule has 1 aromatic rings. The monoisotopic (exact) mass is 393 g/mol. The van der Waals surface area contributed by atoms with Crippen molar-refractivity contribution in [2.24, 2.45) is 5.92 Å². The van der Waals surface area contributed by atoms with Crippen LogP contribution < -0.4 is 9.47 Å². The molecule has 0 heterocycles. The summed E-state index contributed by atoms with van der Waals surface area (Å²) < 4.78 is 35.1. The summed E-state index contributed by atoms with van der Waals surface area (Å²) in [5, 5.41) is 17.9. The molecule has 2 N–H and O–H groups in total. The van der Waals surface area contributed by atoms with Crippen LogP contribution in [0.3, 0.4) is 0 Å². The quantitative estimate of drug-likeness (QED) is 0.564. The average Bonchev–Trinajstić information content (AvgIpc) is 3.34. The predicted molar refractivity (Wildman–Crippen MR) is 93.0 cm³/mol. The normalized spacial score (nSPS) is 16.4. The topological polar surface area (TPSA) is 62.5 Å². The Morgan fingerprint density at radius 3 is 2.52 bits per heavy atom. The molecule has 1 aliphatic rings. The zero-order valence-corrected chi connectivity index (χ0v) is 15.1. The van der Waals surface area contributed by atoms with E-state index in [0.29, 0.717) is 28.7 Å². The zero-order chi connectivity index (χ0) is 18.6. The molecule has 0 spiro atoms. The van der Waals surface area contributed by atoms with Gasteiger partial charge >= 0.3 is 6.61 Å². The second kappa shape index (κ2) is 8.83. The highest BCUT2D eigenvalue weighted by atomic mass is 35.5. The van der Waals surface area contributed by atoms with Gasteiger partial charge in [-0.25, -0.2) is 0 Å². The molecule has 1 saturated carbocycles. The maximum absolute atomic E-state index is 12.5. The third-order valence-corrected chi connectivity index (χ3v) is 4.27. The fourth-order valence-corrected chi connectivity index (χ4v) is 2.66. The van der Waals surface area contributed by atoms with Gasteiger partial charge in [0.2, 0.25) is 0 Å². The maximum Gasteiger partial charge on any atom is 0.387 e. The lowest BCUT2D eigenvalue weighted by Crippen LogP contribution is -2.08. The number of benzene rings is 1. The number of hydrogen-bond donors (Lipinski definition) is 2. The Bertz CT molecular complexity index is 659. The Kier molecular flexibility index (Phi) is 7.04. The van der Waals surface area contributed by atoms with E-state index in [2.05, 4.69) is 4.74 Å². The Morgan fingerprint density at radius 2 is 2.00 bits per heavy atom. The maximum atomic E-state index is 12.5. The van der Waals surface area contributed by atoms with Gasteiger partial charge < -0.3 is 14.6 Å². The molecule has 0 amide bonds. The van der Waals surface area contributed by atoms with Gasteiger partial charge in [0.1, 0.15) is 5.17 Å². The average molecular weight is 394 g/mol. The number of nitrogens with one attached hydrogen (secondary N) is 1. The molecule has 1 aromatic carbocycles. The SMILES string of the molecule is C/C(Cl)=C(/CC(O)c1ccc(OC(F)F)c(OCC2CC2)c1)C(=N)Cl. The van der Waals surface area contributed by atoms with Crippen molar-refractivity contribution in [2.45, 2.75) is 38.9 Å². The molecule has 4 nitrogen and oxygen atoms in total. The van der Waals surface area contributed by atoms with Crippen molar-refractivity contribution in [3.63, 3.8) is 0 Å². The van der Waals surface area contributed by atoms with Gasteiger partial charge in [-0.15, -0.1) is 0 Å². The highest BCUT2D eigenvalue weighted by Gasteiger charge is 2.24. The second-order valence-electron chi connectivity index (χ2n) is 5.88. The molecule has 8 heteroatoms. The standard InChI is InChI=1S/C17H19Cl2F2NO3/c1-9(18)12(16(19)22)7-13(23)11-4-5-14(25-17(20)21)15(6-11)24-8-10-2-3-10/h4-6,10,13,17,22-23H,2-3,7-8H2,1H3/b12-9+,22-16?. The van der Waals surface area contributed by atoms with Crippen LogP contribution in [0.25, 0.3) is 0 Å². The van der Waals surface area contributed by atoms with Crippen LogP contribution in [-0.4, -0.2) is 23.5 Å². The molecular formula is C17H19Cl2F2NO3. The van der Waals surface area contributed by atoms with Crippen molar-refractivity contribution in [3.8, 4) is 11.5 Å². The van der Waals surface area contributed by atoms with Crippen molar-refractivity contribution in [2.75, 3.05) is 6.61 Å². The zero-order valence-electron chi connectivity index (χ0n) is 13.6. The molecule has 0 radical (unpaired) electrons. The minimum Gasteiger partial charge on any atom is -0.489 e. The minimum atomic E-state index is -2.97. The molecule has 2 rings (SSSR count). The van der Waals surface area contributed by atoms with E-state index in [1.165, 1.54) is 18.2 Å². The van der Waals surface area contributed by atoms with Crippen LogP contribution in [0.2, 0.25) is 0 Å². The number of ether oxygens (including phenoxy) is 2. The van der Waals surface area contributed by atoms with Gasteiger partial charge in [0.15, 0.2) is 11.5 Å². The van der Waals surface area contributed by atoms with Crippen LogP contribution in [0, 0.1) is 11.3 Å². The van der Waals surface area contributed by atoms with E-state index in [9.17, 15) is 13.9 Å². The summed E-state index contributed by atoms with van der Waals surface area (Å²) >= 11 is 11.6. The first kappa shape index (κ1) is 19.9. The largest absolute Gasteiger partial charge is 0.489 e. The van der Waals surface area contributed by atoms with Gasteiger partial charge in [0, 0.05) is 17.0 Å². The summed E-state index contributed by atoms with van der Waals surface area (Å²) in [6, 6.07) is 4.26. The second-order valence-corrected chi connectivity index (χ2v) is 6.83. The molecule has 1 aliphatic carbocycles. The fourth-order valence-electron chi connectivity index (χ4n) is 2.22. The molecule has 1 unspecified atom stereocenters. The molecule has 138 valence electrons. The molecule has 25 heavy (non-hydrogen) atoms. The lowest BCUT2D eigenvalue weighted by atomic mass is 10.0. The van der Waals surface area contributed by atoms with Crippen molar-refractivity contribution in [3.05, 3.63) is 34.4 Å². The minimum absolute atomic E-state index is 0.0226. The first-order chi connectivity index (χ1) is 11.8. The highest BCUT2D eigenvalue weighted by molar-refractivity contribution is 6.69. The van der Waals surface area contributed by atoms with Crippen LogP contribution in [-0.2, 0) is 0 Å². The van der Waals surface area contributed by atoms with Crippen molar-refractivity contribution >= 4 is 28.4 Å². The molecular weight excluding hydrogens is 375 g/mol. The Balaban J connectivity index is 2.19. The van der Waals surface area contributed by atoms with Gasteiger partial charge in [-0.2, -0.15) is 8.78 Å². The number of rotatable bonds is 9. The summed E-state index contributed by atoms with van der Waals surface area (Å²) in [5.41, 5.74) is 0.741. The number of aliphatic hydroxyl groups is 1. The lowest BCUT2D eigenvalue weighted by Gasteiger charge is -2.17. The Hall–Kier alpha value is -1.37. The van der Waals surface area contributed by atoms with E-state index < -0.39 is 12.7 Å². The summed E-state index contributed by atoms with van der Waals surface area (Å²) in [6.07, 6.45) is 1.10. The third-order valence-electron chi connectivity index (χ3n) is 3.82. The van der Waals surface area contributed by atoms with Crippen molar-refractivity contribution in [1.29, 1.82) is 5.41 Å². The predicted octanol–water partition coefficient (Wildman–Crippen LogP) is 5.23. The van der Waals surface area contributed by atoms with Gasteiger partial charge in [-0.1, -0.05) is 29.3 Å². The van der Waals surface area contributed by atoms with E-state index >= 15 is 0 Å². The van der Waals surface area contributed by atoms with Gasteiger partial charge in [0.25, 0.3) is 0 Å². The van der Waals surface area contributed by atoms with Crippen molar-refractivity contribution < 1.29 is 23.4 Å². The van der Waals surface area contributed by atoms with Crippen LogP contribution in [0.5, 0.6) is 11.5 Å². The summed E-state index contributed by atoms with van der Waals surface area (Å²) in [7, 11) is 0. The van der Waals surface area contributed by atoms with Gasteiger partial charge in [-0.05, 0) is 43.4 Å². The van der Waals surface area contributed by atoms with Gasteiger partial charge in [-0.3, -0.25) is 5.41 Å². The van der Waals surface area contributed by atoms with E-state index in [4.69, 9.17) is 33.3 Å². The first-order valence-corrected chi connectivity index (χ1v) is 8.52. The molecule has 1 fully saturated rings. The number of aliphatic hydroxyl groups excluding tert-OH is 1. The van der Waals surface area contributed by atoms with Crippen LogP contribution in [0.15, 0.2) is 28.8 Å². The molecule has 0 saturated heterocycles. The van der Waals surface area contributed by atoms with Crippen molar-refractivity contribution in [1.82, 2.24) is 0 Å². The number of allylic oxidation sites excluding steroid dienone is 1. The Morgan fingerprint density at radius 1 is 1.32 bits per heavy atom. The van der Waals surface area contributed by atoms with Crippen LogP contribution in [0.1, 0.15) is 37.9 Å². The molecule has 0 bridgehead atoms. The van der Waals surface area contributed by atoms with E-state index in [1.54, 1.807) is 6.92 Å². The van der Waals surface area contributed by atoms with Gasteiger partial charge in [0.05, 0.1) is 12.7 Å². The van der Waals surface area contributed by atoms with E-state index in [1.807, 2.05) is 0 Å². The Labute approximate surface area is 154 Å². The smallest absolute Gasteiger partial charge is 0.387 e. The summed E-state index contributed by atoms with van der Waals surface area (Å²) in [6.45, 7) is -0.981. The summed E-state index contributed by atoms with van der Waals surface area (Å²) in [4.78, 5) is 0. The summed E-state index contributed by atoms with van der Waals surface area (Å²) in [5.74, 6) is 0.497. The van der Waals surface area contributed by atoms with Crippen LogP contribution >= 0.6 is 23.2 Å². The van der Waals surface area contributed by atoms with E-state index in [-0.39, 0.29) is 23.1 Å². The number of hydrogen-bond acceptors (Lipinski definition) is 4. The number of halogens is 4. The molecule has 0 aromatic heterocycles. The lowest BCUT2D eigenvalue weighted by molar-refractivity contribution is -0.0515. The first-order valence-electron chi connectivity index (χ1n) is 7.77. The third kappa shape index (κ3) is 6.13. The molecule has 0 aliphatic heterocycles. The van der Waals surface area contributed by atoms with E-state index in [0.717, 1.165) is 12.8 Å². The highest BCUT2D eigenvalue weighted by Crippen LogP contribution is 2.36.